The number of carbonyl (C=O) groups excluding carboxylic acids is 3. The molecule has 4 aliphatic rings. The van der Waals surface area contributed by atoms with Gasteiger partial charge in [-0.2, -0.15) is 0 Å². The Morgan fingerprint density at radius 3 is 2.10 bits per heavy atom. The van der Waals surface area contributed by atoms with Gasteiger partial charge in [-0.25, -0.2) is 0 Å². The van der Waals surface area contributed by atoms with Crippen LogP contribution in [0.25, 0.3) is 0 Å². The number of rotatable bonds is 5. The van der Waals surface area contributed by atoms with Crippen molar-refractivity contribution in [2.45, 2.75) is 57.9 Å². The highest BCUT2D eigenvalue weighted by Gasteiger charge is 2.51. The van der Waals surface area contributed by atoms with E-state index in [2.05, 4.69) is 16.2 Å². The Balaban J connectivity index is 1.24. The van der Waals surface area contributed by atoms with Crippen molar-refractivity contribution in [1.29, 1.82) is 0 Å². The van der Waals surface area contributed by atoms with Crippen molar-refractivity contribution in [2.75, 3.05) is 0 Å². The number of carbonyl (C=O) groups is 3. The van der Waals surface area contributed by atoms with Crippen LogP contribution in [0.3, 0.4) is 0 Å². The Hall–Kier alpha value is -2.08. The van der Waals surface area contributed by atoms with Crippen molar-refractivity contribution in [2.24, 2.45) is 23.2 Å². The smallest absolute Gasteiger partial charge is 0.260 e. The quantitative estimate of drug-likeness (QED) is 0.643. The van der Waals surface area contributed by atoms with Gasteiger partial charge in [-0.3, -0.25) is 25.2 Å². The molecule has 1 atom stereocenters. The summed E-state index contributed by atoms with van der Waals surface area (Å²) in [7, 11) is 0. The molecule has 4 fully saturated rings. The normalized spacial score (nSPS) is 30.5. The van der Waals surface area contributed by atoms with Gasteiger partial charge in [0, 0.05) is 17.0 Å². The summed E-state index contributed by atoms with van der Waals surface area (Å²) >= 11 is 5.82. The fourth-order valence-electron chi connectivity index (χ4n) is 6.08. The summed E-state index contributed by atoms with van der Waals surface area (Å²) in [6, 6.07) is 5.64. The van der Waals surface area contributed by atoms with E-state index in [0.717, 1.165) is 37.0 Å². The van der Waals surface area contributed by atoms with Crippen molar-refractivity contribution in [3.8, 4) is 0 Å². The molecule has 4 aliphatic carbocycles. The summed E-state index contributed by atoms with van der Waals surface area (Å²) in [5.74, 6) is 1.39. The number of benzene rings is 1. The molecule has 0 heterocycles. The van der Waals surface area contributed by atoms with Crippen molar-refractivity contribution in [1.82, 2.24) is 16.2 Å². The molecular formula is C22H28ClN3O3. The summed E-state index contributed by atoms with van der Waals surface area (Å²) in [5, 5.41) is 3.16. The molecular weight excluding hydrogens is 390 g/mol. The van der Waals surface area contributed by atoms with E-state index in [9.17, 15) is 14.4 Å². The van der Waals surface area contributed by atoms with Gasteiger partial charge in [0.1, 0.15) is 6.04 Å². The van der Waals surface area contributed by atoms with Crippen LogP contribution in [-0.4, -0.2) is 23.8 Å². The Bertz CT molecular complexity index is 773. The van der Waals surface area contributed by atoms with Gasteiger partial charge in [-0.15, -0.1) is 0 Å². The van der Waals surface area contributed by atoms with Gasteiger partial charge in [-0.05, 0) is 92.9 Å². The van der Waals surface area contributed by atoms with Crippen molar-refractivity contribution in [3.05, 3.63) is 34.9 Å². The highest BCUT2D eigenvalue weighted by atomic mass is 35.5. The van der Waals surface area contributed by atoms with Crippen LogP contribution >= 0.6 is 11.6 Å². The summed E-state index contributed by atoms with van der Waals surface area (Å²) in [6.07, 6.45) is 7.92. The molecule has 1 aromatic carbocycles. The van der Waals surface area contributed by atoms with E-state index in [1.807, 2.05) is 0 Å². The lowest BCUT2D eigenvalue weighted by Gasteiger charge is -2.56. The lowest BCUT2D eigenvalue weighted by Crippen LogP contribution is -2.53. The number of hydrogen-bond donors (Lipinski definition) is 3. The van der Waals surface area contributed by atoms with Crippen LogP contribution in [0.1, 0.15) is 62.2 Å². The van der Waals surface area contributed by atoms with E-state index in [1.165, 1.54) is 19.3 Å². The Morgan fingerprint density at radius 2 is 1.55 bits per heavy atom. The summed E-state index contributed by atoms with van der Waals surface area (Å²) in [5.41, 5.74) is 5.55. The summed E-state index contributed by atoms with van der Waals surface area (Å²) in [6.45, 7) is 1.58. The second-order valence-corrected chi connectivity index (χ2v) is 9.77. The summed E-state index contributed by atoms with van der Waals surface area (Å²) < 4.78 is 0. The largest absolute Gasteiger partial charge is 0.340 e. The number of amides is 3. The molecule has 29 heavy (non-hydrogen) atoms. The second kappa shape index (κ2) is 7.98. The zero-order chi connectivity index (χ0) is 20.6. The Morgan fingerprint density at radius 1 is 1.00 bits per heavy atom. The van der Waals surface area contributed by atoms with Crippen LogP contribution in [0.4, 0.5) is 0 Å². The molecule has 0 saturated heterocycles. The minimum Gasteiger partial charge on any atom is -0.340 e. The van der Waals surface area contributed by atoms with Gasteiger partial charge < -0.3 is 5.32 Å². The minimum atomic E-state index is -0.780. The third kappa shape index (κ3) is 4.58. The first-order valence-electron chi connectivity index (χ1n) is 10.5. The average molecular weight is 418 g/mol. The van der Waals surface area contributed by atoms with Crippen LogP contribution < -0.4 is 16.2 Å². The molecule has 0 spiro atoms. The fraction of sp³-hybridized carbons (Fsp3) is 0.591. The van der Waals surface area contributed by atoms with Gasteiger partial charge in [0.2, 0.25) is 5.91 Å². The molecule has 0 radical (unpaired) electrons. The third-order valence-electron chi connectivity index (χ3n) is 6.87. The average Bonchev–Trinajstić information content (AvgIpc) is 2.65. The highest BCUT2D eigenvalue weighted by Crippen LogP contribution is 2.61. The van der Waals surface area contributed by atoms with Crippen molar-refractivity contribution in [3.63, 3.8) is 0 Å². The number of halogens is 1. The fourth-order valence-corrected chi connectivity index (χ4v) is 6.20. The predicted octanol–water partition coefficient (Wildman–Crippen LogP) is 3.21. The number of hydrazine groups is 1. The van der Waals surface area contributed by atoms with Gasteiger partial charge in [0.25, 0.3) is 11.8 Å². The molecule has 0 aromatic heterocycles. The molecule has 0 aliphatic heterocycles. The number of hydrogen-bond acceptors (Lipinski definition) is 3. The summed E-state index contributed by atoms with van der Waals surface area (Å²) in [4.78, 5) is 37.0. The Labute approximate surface area is 176 Å². The molecule has 7 heteroatoms. The maximum Gasteiger partial charge on any atom is 0.260 e. The lowest BCUT2D eigenvalue weighted by molar-refractivity contribution is -0.134. The predicted molar refractivity (Wildman–Crippen MR) is 110 cm³/mol. The molecule has 1 unspecified atom stereocenters. The first-order chi connectivity index (χ1) is 13.8. The number of nitrogens with one attached hydrogen (secondary N) is 3. The van der Waals surface area contributed by atoms with Gasteiger partial charge in [0.15, 0.2) is 0 Å². The standard InChI is InChI=1S/C22H28ClN3O3/c1-13(24-21(29)17-2-4-18(23)5-3-17)20(28)26-25-19(27)12-22-9-14-6-15(10-22)8-16(7-14)11-22/h2-5,13-16H,6-12H2,1H3,(H,24,29)(H,25,27)(H,26,28). The van der Waals surface area contributed by atoms with E-state index < -0.39 is 11.9 Å². The van der Waals surface area contributed by atoms with Crippen LogP contribution in [0.2, 0.25) is 5.02 Å². The first kappa shape index (κ1) is 20.2. The first-order valence-corrected chi connectivity index (χ1v) is 10.8. The van der Waals surface area contributed by atoms with Crippen LogP contribution in [0.15, 0.2) is 24.3 Å². The van der Waals surface area contributed by atoms with E-state index in [-0.39, 0.29) is 17.2 Å². The molecule has 156 valence electrons. The second-order valence-electron chi connectivity index (χ2n) is 9.33. The van der Waals surface area contributed by atoms with Gasteiger partial charge >= 0.3 is 0 Å². The molecule has 4 saturated carbocycles. The maximum atomic E-state index is 12.5. The molecule has 6 nitrogen and oxygen atoms in total. The van der Waals surface area contributed by atoms with E-state index >= 15 is 0 Å². The van der Waals surface area contributed by atoms with E-state index in [4.69, 9.17) is 11.6 Å². The van der Waals surface area contributed by atoms with Gasteiger partial charge in [0.05, 0.1) is 0 Å². The maximum absolute atomic E-state index is 12.5. The Kier molecular flexibility index (Phi) is 5.56. The van der Waals surface area contributed by atoms with Crippen LogP contribution in [0, 0.1) is 23.2 Å². The molecule has 3 amide bonds. The minimum absolute atomic E-state index is 0.123. The van der Waals surface area contributed by atoms with Crippen molar-refractivity contribution >= 4 is 29.3 Å². The zero-order valence-corrected chi connectivity index (χ0v) is 17.4. The zero-order valence-electron chi connectivity index (χ0n) is 16.7. The van der Waals surface area contributed by atoms with Crippen molar-refractivity contribution < 1.29 is 14.4 Å². The van der Waals surface area contributed by atoms with Gasteiger partial charge in [-0.1, -0.05) is 11.6 Å². The van der Waals surface area contributed by atoms with Crippen LogP contribution in [-0.2, 0) is 9.59 Å². The molecule has 1 aromatic rings. The highest BCUT2D eigenvalue weighted by molar-refractivity contribution is 6.30. The lowest BCUT2D eigenvalue weighted by atomic mass is 9.49. The molecule has 5 rings (SSSR count). The monoisotopic (exact) mass is 417 g/mol. The molecule has 3 N–H and O–H groups in total. The topological polar surface area (TPSA) is 87.3 Å². The van der Waals surface area contributed by atoms with E-state index in [0.29, 0.717) is 17.0 Å². The third-order valence-corrected chi connectivity index (χ3v) is 7.13. The van der Waals surface area contributed by atoms with Crippen LogP contribution in [0.5, 0.6) is 0 Å². The SMILES string of the molecule is CC(NC(=O)c1ccc(Cl)cc1)C(=O)NNC(=O)CC12CC3CC(CC(C3)C1)C2. The van der Waals surface area contributed by atoms with E-state index in [1.54, 1.807) is 31.2 Å². The molecule has 4 bridgehead atoms.